The predicted octanol–water partition coefficient (Wildman–Crippen LogP) is 4.29. The van der Waals surface area contributed by atoms with E-state index in [1.807, 2.05) is 0 Å². The van der Waals surface area contributed by atoms with Crippen LogP contribution in [0.25, 0.3) is 0 Å². The van der Waals surface area contributed by atoms with Crippen molar-refractivity contribution in [3.8, 4) is 5.75 Å². The van der Waals surface area contributed by atoms with E-state index in [9.17, 15) is 9.90 Å². The molecule has 0 radical (unpaired) electrons. The Labute approximate surface area is 147 Å². The van der Waals surface area contributed by atoms with E-state index < -0.39 is 5.97 Å². The molecule has 0 aliphatic heterocycles. The van der Waals surface area contributed by atoms with Crippen molar-refractivity contribution in [1.29, 1.82) is 0 Å². The van der Waals surface area contributed by atoms with Gasteiger partial charge in [-0.3, -0.25) is 4.79 Å². The second-order valence-corrected chi connectivity index (χ2v) is 7.81. The molecule has 0 aromatic heterocycles. The van der Waals surface area contributed by atoms with Crippen LogP contribution in [0.1, 0.15) is 48.1 Å². The number of fused-ring (bicyclic) bond motifs is 3. The summed E-state index contributed by atoms with van der Waals surface area (Å²) in [5, 5.41) is 9.55. The molecule has 1 saturated carbocycles. The van der Waals surface area contributed by atoms with Gasteiger partial charge in [0, 0.05) is 5.41 Å². The van der Waals surface area contributed by atoms with Crippen LogP contribution in [0.5, 0.6) is 5.75 Å². The number of benzene rings is 2. The fourth-order valence-corrected chi connectivity index (χ4v) is 5.42. The van der Waals surface area contributed by atoms with Gasteiger partial charge in [0.1, 0.15) is 11.9 Å². The number of hydrogen-bond acceptors (Lipinski definition) is 2. The van der Waals surface area contributed by atoms with Gasteiger partial charge >= 0.3 is 5.97 Å². The van der Waals surface area contributed by atoms with Gasteiger partial charge in [-0.2, -0.15) is 0 Å². The first-order valence-electron chi connectivity index (χ1n) is 9.22. The zero-order valence-electron chi connectivity index (χ0n) is 14.4. The first-order valence-corrected chi connectivity index (χ1v) is 9.22. The predicted molar refractivity (Wildman–Crippen MR) is 94.9 cm³/mol. The number of aryl methyl sites for hydroxylation is 2. The molecule has 25 heavy (non-hydrogen) atoms. The van der Waals surface area contributed by atoms with Crippen LogP contribution in [0.3, 0.4) is 0 Å². The summed E-state index contributed by atoms with van der Waals surface area (Å²) in [4.78, 5) is 11.6. The van der Waals surface area contributed by atoms with Crippen LogP contribution in [0.4, 0.5) is 0 Å². The SMILES string of the molecule is CC1C(C(=O)O)C12CCc1ccc(OC3CCc4ccccc43)cc12. The third kappa shape index (κ3) is 2.01. The largest absolute Gasteiger partial charge is 0.486 e. The number of rotatable bonds is 3. The Morgan fingerprint density at radius 1 is 1.16 bits per heavy atom. The van der Waals surface area contributed by atoms with Crippen molar-refractivity contribution >= 4 is 5.97 Å². The molecule has 128 valence electrons. The summed E-state index contributed by atoms with van der Waals surface area (Å²) in [5.74, 6) is 0.200. The van der Waals surface area contributed by atoms with Gasteiger partial charge in [0.15, 0.2) is 0 Å². The van der Waals surface area contributed by atoms with Crippen molar-refractivity contribution < 1.29 is 14.6 Å². The van der Waals surface area contributed by atoms with Crippen LogP contribution in [-0.4, -0.2) is 11.1 Å². The van der Waals surface area contributed by atoms with Gasteiger partial charge in [0.2, 0.25) is 0 Å². The molecule has 3 aliphatic rings. The average molecular weight is 334 g/mol. The molecule has 3 aliphatic carbocycles. The second-order valence-electron chi connectivity index (χ2n) is 7.81. The molecule has 0 bridgehead atoms. The summed E-state index contributed by atoms with van der Waals surface area (Å²) >= 11 is 0. The first kappa shape index (κ1) is 15.0. The fourth-order valence-electron chi connectivity index (χ4n) is 5.42. The number of carboxylic acids is 1. The zero-order valence-corrected chi connectivity index (χ0v) is 14.4. The molecule has 3 nitrogen and oxygen atoms in total. The number of ether oxygens (including phenoxy) is 1. The van der Waals surface area contributed by atoms with Gasteiger partial charge in [-0.15, -0.1) is 0 Å². The van der Waals surface area contributed by atoms with E-state index >= 15 is 0 Å². The lowest BCUT2D eigenvalue weighted by atomic mass is 9.93. The highest BCUT2D eigenvalue weighted by molar-refractivity contribution is 5.79. The molecule has 4 unspecified atom stereocenters. The van der Waals surface area contributed by atoms with Crippen molar-refractivity contribution in [2.24, 2.45) is 11.8 Å². The highest BCUT2D eigenvalue weighted by Crippen LogP contribution is 2.66. The van der Waals surface area contributed by atoms with Crippen LogP contribution in [0.2, 0.25) is 0 Å². The zero-order chi connectivity index (χ0) is 17.2. The third-order valence-corrected chi connectivity index (χ3v) is 6.77. The van der Waals surface area contributed by atoms with Gasteiger partial charge in [-0.25, -0.2) is 0 Å². The maximum Gasteiger partial charge on any atom is 0.307 e. The maximum absolute atomic E-state index is 11.6. The summed E-state index contributed by atoms with van der Waals surface area (Å²) < 4.78 is 6.33. The summed E-state index contributed by atoms with van der Waals surface area (Å²) in [6.07, 6.45) is 4.12. The number of carboxylic acid groups (broad SMARTS) is 1. The van der Waals surface area contributed by atoms with Gasteiger partial charge < -0.3 is 9.84 Å². The minimum atomic E-state index is -0.656. The molecule has 1 fully saturated rings. The number of carbonyl (C=O) groups is 1. The summed E-state index contributed by atoms with van der Waals surface area (Å²) in [6.45, 7) is 2.08. The van der Waals surface area contributed by atoms with E-state index in [1.165, 1.54) is 22.3 Å². The van der Waals surface area contributed by atoms with Crippen LogP contribution in [-0.2, 0) is 23.1 Å². The smallest absolute Gasteiger partial charge is 0.307 e. The maximum atomic E-state index is 11.6. The van der Waals surface area contributed by atoms with E-state index in [2.05, 4.69) is 49.4 Å². The molecule has 5 rings (SSSR count). The Hall–Kier alpha value is -2.29. The van der Waals surface area contributed by atoms with Crippen molar-refractivity contribution in [3.63, 3.8) is 0 Å². The third-order valence-electron chi connectivity index (χ3n) is 6.77. The molecule has 3 heteroatoms. The van der Waals surface area contributed by atoms with Crippen molar-refractivity contribution in [2.45, 2.75) is 44.1 Å². The Morgan fingerprint density at radius 2 is 2.00 bits per heavy atom. The van der Waals surface area contributed by atoms with Gasteiger partial charge in [-0.1, -0.05) is 37.3 Å². The molecular weight excluding hydrogens is 312 g/mol. The Morgan fingerprint density at radius 3 is 2.80 bits per heavy atom. The first-order chi connectivity index (χ1) is 12.1. The molecule has 2 aromatic carbocycles. The second kappa shape index (κ2) is 5.10. The van der Waals surface area contributed by atoms with E-state index in [4.69, 9.17) is 4.74 Å². The monoisotopic (exact) mass is 334 g/mol. The fraction of sp³-hybridized carbons (Fsp3) is 0.409. The van der Waals surface area contributed by atoms with E-state index in [0.29, 0.717) is 0 Å². The number of hydrogen-bond donors (Lipinski definition) is 1. The lowest BCUT2D eigenvalue weighted by Gasteiger charge is -2.17. The summed E-state index contributed by atoms with van der Waals surface area (Å²) in [6, 6.07) is 14.8. The lowest BCUT2D eigenvalue weighted by molar-refractivity contribution is -0.139. The van der Waals surface area contributed by atoms with Crippen molar-refractivity contribution in [2.75, 3.05) is 0 Å². The van der Waals surface area contributed by atoms with E-state index in [0.717, 1.165) is 31.4 Å². The molecule has 0 heterocycles. The quantitative estimate of drug-likeness (QED) is 0.911. The molecular formula is C22H22O3. The van der Waals surface area contributed by atoms with Gasteiger partial charge in [-0.05, 0) is 66.0 Å². The standard InChI is InChI=1S/C22H22O3/c1-13-20(21(23)24)22(13)11-10-15-6-8-16(12-18(15)22)25-19-9-7-14-4-2-3-5-17(14)19/h2-6,8,12-13,19-20H,7,9-11H2,1H3,(H,23,24). The molecule has 1 spiro atoms. The average Bonchev–Trinajstić information content (AvgIpc) is 2.90. The van der Waals surface area contributed by atoms with Gasteiger partial charge in [0.25, 0.3) is 0 Å². The minimum absolute atomic E-state index is 0.110. The normalized spacial score (nSPS) is 31.6. The van der Waals surface area contributed by atoms with Crippen molar-refractivity contribution in [1.82, 2.24) is 0 Å². The topological polar surface area (TPSA) is 46.5 Å². The molecule has 4 atom stereocenters. The molecule has 0 saturated heterocycles. The van der Waals surface area contributed by atoms with Gasteiger partial charge in [0.05, 0.1) is 5.92 Å². The van der Waals surface area contributed by atoms with Crippen LogP contribution < -0.4 is 4.74 Å². The van der Waals surface area contributed by atoms with E-state index in [-0.39, 0.29) is 23.4 Å². The minimum Gasteiger partial charge on any atom is -0.486 e. The Bertz CT molecular complexity index is 871. The molecule has 1 N–H and O–H groups in total. The van der Waals surface area contributed by atoms with Crippen LogP contribution in [0, 0.1) is 11.8 Å². The Kier molecular flexibility index (Phi) is 3.06. The molecule has 2 aromatic rings. The van der Waals surface area contributed by atoms with Crippen molar-refractivity contribution in [3.05, 3.63) is 64.7 Å². The van der Waals surface area contributed by atoms with Crippen LogP contribution in [0.15, 0.2) is 42.5 Å². The summed E-state index contributed by atoms with van der Waals surface area (Å²) in [7, 11) is 0. The lowest BCUT2D eigenvalue weighted by Crippen LogP contribution is -2.12. The Balaban J connectivity index is 1.46. The highest BCUT2D eigenvalue weighted by Gasteiger charge is 2.68. The highest BCUT2D eigenvalue weighted by atomic mass is 16.5. The molecule has 0 amide bonds. The van der Waals surface area contributed by atoms with E-state index in [1.54, 1.807) is 0 Å². The number of aliphatic carboxylic acids is 1. The van der Waals surface area contributed by atoms with Crippen LogP contribution >= 0.6 is 0 Å². The summed E-state index contributed by atoms with van der Waals surface area (Å²) in [5.41, 5.74) is 5.03.